The van der Waals surface area contributed by atoms with Crippen molar-refractivity contribution in [3.8, 4) is 0 Å². The van der Waals surface area contributed by atoms with Gasteiger partial charge in [0, 0.05) is 6.54 Å². The van der Waals surface area contributed by atoms with Crippen LogP contribution in [0.15, 0.2) is 18.2 Å². The summed E-state index contributed by atoms with van der Waals surface area (Å²) >= 11 is 0. The highest BCUT2D eigenvalue weighted by atomic mass is 19.1. The Labute approximate surface area is 75.8 Å². The van der Waals surface area contributed by atoms with Crippen molar-refractivity contribution in [2.75, 3.05) is 6.54 Å². The SMILES string of the molecule is O=C1Cc2cccc(F)c2CCN1. The van der Waals surface area contributed by atoms with Gasteiger partial charge in [0.25, 0.3) is 0 Å². The summed E-state index contributed by atoms with van der Waals surface area (Å²) in [4.78, 5) is 11.1. The van der Waals surface area contributed by atoms with Gasteiger partial charge < -0.3 is 5.32 Å². The second-order valence-corrected chi connectivity index (χ2v) is 3.15. The van der Waals surface area contributed by atoms with Crippen LogP contribution in [0, 0.1) is 5.82 Å². The molecule has 1 amide bonds. The first-order valence-corrected chi connectivity index (χ1v) is 4.30. The normalized spacial score (nSPS) is 15.9. The predicted octanol–water partition coefficient (Wildman–Crippen LogP) is 1.04. The molecule has 0 radical (unpaired) electrons. The fourth-order valence-electron chi connectivity index (χ4n) is 1.61. The van der Waals surface area contributed by atoms with Crippen molar-refractivity contribution in [1.29, 1.82) is 0 Å². The summed E-state index contributed by atoms with van der Waals surface area (Å²) in [7, 11) is 0. The van der Waals surface area contributed by atoms with Gasteiger partial charge in [-0.05, 0) is 23.6 Å². The topological polar surface area (TPSA) is 29.1 Å². The fraction of sp³-hybridized carbons (Fsp3) is 0.300. The molecule has 0 spiro atoms. The zero-order chi connectivity index (χ0) is 9.26. The van der Waals surface area contributed by atoms with Crippen LogP contribution in [0.4, 0.5) is 4.39 Å². The van der Waals surface area contributed by atoms with Crippen LogP contribution in [-0.2, 0) is 17.6 Å². The highest BCUT2D eigenvalue weighted by molar-refractivity contribution is 5.79. The van der Waals surface area contributed by atoms with Crippen LogP contribution in [0.25, 0.3) is 0 Å². The van der Waals surface area contributed by atoms with Crippen LogP contribution in [0.1, 0.15) is 11.1 Å². The maximum absolute atomic E-state index is 13.2. The van der Waals surface area contributed by atoms with E-state index in [1.807, 2.05) is 6.07 Å². The van der Waals surface area contributed by atoms with E-state index in [0.717, 1.165) is 5.56 Å². The van der Waals surface area contributed by atoms with E-state index in [9.17, 15) is 9.18 Å². The Kier molecular flexibility index (Phi) is 2.00. The van der Waals surface area contributed by atoms with E-state index in [2.05, 4.69) is 5.32 Å². The number of rotatable bonds is 0. The molecule has 0 aromatic heterocycles. The molecule has 1 N–H and O–H groups in total. The average Bonchev–Trinajstić information content (AvgIpc) is 2.27. The monoisotopic (exact) mass is 179 g/mol. The number of amides is 1. The molecule has 0 aliphatic carbocycles. The zero-order valence-electron chi connectivity index (χ0n) is 7.14. The molecule has 1 aromatic rings. The zero-order valence-corrected chi connectivity index (χ0v) is 7.14. The minimum Gasteiger partial charge on any atom is -0.355 e. The minimum absolute atomic E-state index is 0.0237. The third-order valence-electron chi connectivity index (χ3n) is 2.26. The molecule has 68 valence electrons. The Morgan fingerprint density at radius 2 is 2.23 bits per heavy atom. The molecule has 3 heteroatoms. The Morgan fingerprint density at radius 3 is 3.08 bits per heavy atom. The van der Waals surface area contributed by atoms with Gasteiger partial charge in [-0.2, -0.15) is 0 Å². The molecule has 0 saturated carbocycles. The Morgan fingerprint density at radius 1 is 1.38 bits per heavy atom. The first-order valence-electron chi connectivity index (χ1n) is 4.30. The number of halogens is 1. The van der Waals surface area contributed by atoms with E-state index in [1.165, 1.54) is 6.07 Å². The molecular formula is C10H10FNO. The number of carbonyl (C=O) groups excluding carboxylic acids is 1. The van der Waals surface area contributed by atoms with Crippen molar-refractivity contribution < 1.29 is 9.18 Å². The fourth-order valence-corrected chi connectivity index (χ4v) is 1.61. The van der Waals surface area contributed by atoms with Crippen molar-refractivity contribution in [2.24, 2.45) is 0 Å². The Balaban J connectivity index is 2.45. The lowest BCUT2D eigenvalue weighted by molar-refractivity contribution is -0.120. The molecule has 13 heavy (non-hydrogen) atoms. The molecule has 1 aromatic carbocycles. The van der Waals surface area contributed by atoms with Gasteiger partial charge in [0.1, 0.15) is 5.82 Å². The molecule has 0 bridgehead atoms. The van der Waals surface area contributed by atoms with E-state index in [0.29, 0.717) is 24.9 Å². The van der Waals surface area contributed by atoms with Crippen molar-refractivity contribution >= 4 is 5.91 Å². The van der Waals surface area contributed by atoms with E-state index in [4.69, 9.17) is 0 Å². The highest BCUT2D eigenvalue weighted by Gasteiger charge is 2.15. The molecule has 0 unspecified atom stereocenters. The van der Waals surface area contributed by atoms with Crippen molar-refractivity contribution in [3.63, 3.8) is 0 Å². The van der Waals surface area contributed by atoms with E-state index in [1.54, 1.807) is 6.07 Å². The summed E-state index contributed by atoms with van der Waals surface area (Å²) in [6, 6.07) is 4.89. The number of benzene rings is 1. The third kappa shape index (κ3) is 1.54. The molecule has 0 fully saturated rings. The van der Waals surface area contributed by atoms with Crippen LogP contribution in [0.2, 0.25) is 0 Å². The lowest BCUT2D eigenvalue weighted by Crippen LogP contribution is -2.24. The lowest BCUT2D eigenvalue weighted by Gasteiger charge is -2.03. The summed E-state index contributed by atoms with van der Waals surface area (Å²) in [5.74, 6) is -0.224. The van der Waals surface area contributed by atoms with Gasteiger partial charge in [-0.3, -0.25) is 4.79 Å². The standard InChI is InChI=1S/C10H10FNO/c11-9-3-1-2-7-6-10(13)12-5-4-8(7)9/h1-3H,4-6H2,(H,12,13). The first kappa shape index (κ1) is 8.23. The van der Waals surface area contributed by atoms with E-state index in [-0.39, 0.29) is 11.7 Å². The summed E-state index contributed by atoms with van der Waals surface area (Å²) < 4.78 is 13.2. The van der Waals surface area contributed by atoms with Crippen LogP contribution in [-0.4, -0.2) is 12.5 Å². The van der Waals surface area contributed by atoms with Crippen molar-refractivity contribution in [1.82, 2.24) is 5.32 Å². The maximum atomic E-state index is 13.2. The van der Waals surface area contributed by atoms with Crippen LogP contribution >= 0.6 is 0 Å². The summed E-state index contributed by atoms with van der Waals surface area (Å²) in [6.07, 6.45) is 0.890. The average molecular weight is 179 g/mol. The first-order chi connectivity index (χ1) is 6.27. The van der Waals surface area contributed by atoms with Crippen molar-refractivity contribution in [2.45, 2.75) is 12.8 Å². The van der Waals surface area contributed by atoms with Crippen LogP contribution in [0.3, 0.4) is 0 Å². The highest BCUT2D eigenvalue weighted by Crippen LogP contribution is 2.16. The van der Waals surface area contributed by atoms with Gasteiger partial charge in [0.05, 0.1) is 6.42 Å². The number of hydrogen-bond donors (Lipinski definition) is 1. The van der Waals surface area contributed by atoms with Gasteiger partial charge in [-0.1, -0.05) is 12.1 Å². The van der Waals surface area contributed by atoms with Gasteiger partial charge in [-0.25, -0.2) is 4.39 Å². The van der Waals surface area contributed by atoms with E-state index < -0.39 is 0 Å². The summed E-state index contributed by atoms with van der Waals surface area (Å²) in [5, 5.41) is 2.71. The minimum atomic E-state index is -0.200. The number of hydrogen-bond acceptors (Lipinski definition) is 1. The van der Waals surface area contributed by atoms with Crippen LogP contribution in [0.5, 0.6) is 0 Å². The number of fused-ring (bicyclic) bond motifs is 1. The molecule has 2 nitrogen and oxygen atoms in total. The maximum Gasteiger partial charge on any atom is 0.224 e. The summed E-state index contributed by atoms with van der Waals surface area (Å²) in [5.41, 5.74) is 1.50. The van der Waals surface area contributed by atoms with Crippen molar-refractivity contribution in [3.05, 3.63) is 35.1 Å². The van der Waals surface area contributed by atoms with E-state index >= 15 is 0 Å². The second kappa shape index (κ2) is 3.17. The third-order valence-corrected chi connectivity index (χ3v) is 2.26. The Hall–Kier alpha value is -1.38. The smallest absolute Gasteiger partial charge is 0.224 e. The number of carbonyl (C=O) groups is 1. The quantitative estimate of drug-likeness (QED) is 0.633. The molecule has 0 atom stereocenters. The molecule has 2 rings (SSSR count). The van der Waals surface area contributed by atoms with Crippen LogP contribution < -0.4 is 5.32 Å². The lowest BCUT2D eigenvalue weighted by atomic mass is 10.0. The largest absolute Gasteiger partial charge is 0.355 e. The molecule has 1 aliphatic rings. The van der Waals surface area contributed by atoms with Gasteiger partial charge in [0.15, 0.2) is 0 Å². The van der Waals surface area contributed by atoms with Gasteiger partial charge in [-0.15, -0.1) is 0 Å². The summed E-state index contributed by atoms with van der Waals surface area (Å²) in [6.45, 7) is 0.534. The van der Waals surface area contributed by atoms with Gasteiger partial charge >= 0.3 is 0 Å². The van der Waals surface area contributed by atoms with Gasteiger partial charge in [0.2, 0.25) is 5.91 Å². The molecule has 1 aliphatic heterocycles. The predicted molar refractivity (Wildman–Crippen MR) is 46.8 cm³/mol. The molecular weight excluding hydrogens is 169 g/mol. The molecule has 0 saturated heterocycles. The number of nitrogens with one attached hydrogen (secondary N) is 1. The Bertz CT molecular complexity index is 349. The second-order valence-electron chi connectivity index (χ2n) is 3.15. The molecule has 1 heterocycles.